The predicted molar refractivity (Wildman–Crippen MR) is 135 cm³/mol. The van der Waals surface area contributed by atoms with E-state index in [4.69, 9.17) is 0 Å². The van der Waals surface area contributed by atoms with Gasteiger partial charge in [0.1, 0.15) is 11.6 Å². The second-order valence-electron chi connectivity index (χ2n) is 9.18. The second-order valence-corrected chi connectivity index (χ2v) is 9.18. The molecule has 0 bridgehead atoms. The van der Waals surface area contributed by atoms with E-state index in [0.717, 1.165) is 38.4 Å². The van der Waals surface area contributed by atoms with E-state index in [1.165, 1.54) is 18.2 Å². The Morgan fingerprint density at radius 3 is 2.51 bits per heavy atom. The van der Waals surface area contributed by atoms with Gasteiger partial charge in [-0.25, -0.2) is 8.78 Å². The largest absolute Gasteiger partial charge is 0.364 e. The van der Waals surface area contributed by atoms with Gasteiger partial charge in [-0.2, -0.15) is 0 Å². The molecule has 35 heavy (non-hydrogen) atoms. The van der Waals surface area contributed by atoms with Crippen LogP contribution in [-0.2, 0) is 6.42 Å². The average molecular weight is 464 g/mol. The lowest BCUT2D eigenvalue weighted by Gasteiger charge is -2.30. The van der Waals surface area contributed by atoms with E-state index in [2.05, 4.69) is 35.7 Å². The number of ketones is 1. The maximum absolute atomic E-state index is 13.9. The van der Waals surface area contributed by atoms with E-state index in [0.29, 0.717) is 18.4 Å². The molecule has 2 atom stereocenters. The molecule has 2 nitrogen and oxygen atoms in total. The molecule has 1 aliphatic heterocycles. The number of carbonyl (C=O) groups excluding carboxylic acids is 1. The fourth-order valence-electron chi connectivity index (χ4n) is 5.45. The highest BCUT2D eigenvalue weighted by atomic mass is 19.1. The topological polar surface area (TPSA) is 29.1 Å². The first kappa shape index (κ1) is 21.5. The third kappa shape index (κ3) is 3.85. The fourth-order valence-corrected chi connectivity index (χ4v) is 5.45. The number of rotatable bonds is 3. The van der Waals surface area contributed by atoms with Gasteiger partial charge in [-0.1, -0.05) is 42.5 Å². The van der Waals surface area contributed by atoms with E-state index in [1.807, 2.05) is 30.5 Å². The minimum Gasteiger partial charge on any atom is -0.364 e. The first-order valence-electron chi connectivity index (χ1n) is 11.8. The quantitative estimate of drug-likeness (QED) is 0.535. The maximum Gasteiger partial charge on any atom is 0.169 e. The third-order valence-electron chi connectivity index (χ3n) is 7.12. The van der Waals surface area contributed by atoms with Crippen molar-refractivity contribution in [2.45, 2.75) is 18.8 Å². The van der Waals surface area contributed by atoms with E-state index < -0.39 is 0 Å². The Morgan fingerprint density at radius 2 is 1.66 bits per heavy atom. The number of halogens is 2. The lowest BCUT2D eigenvalue weighted by Crippen LogP contribution is -2.40. The van der Waals surface area contributed by atoms with Crippen molar-refractivity contribution >= 4 is 17.9 Å². The van der Waals surface area contributed by atoms with Gasteiger partial charge in [0.25, 0.3) is 0 Å². The lowest BCUT2D eigenvalue weighted by molar-refractivity contribution is 0.0943. The molecule has 1 N–H and O–H groups in total. The van der Waals surface area contributed by atoms with Gasteiger partial charge in [-0.05, 0) is 94.1 Å². The van der Waals surface area contributed by atoms with Crippen molar-refractivity contribution in [3.05, 3.63) is 130 Å². The van der Waals surface area contributed by atoms with Crippen LogP contribution in [0.3, 0.4) is 0 Å². The van der Waals surface area contributed by atoms with E-state index >= 15 is 0 Å². The summed E-state index contributed by atoms with van der Waals surface area (Å²) in [6.45, 7) is 0. The highest BCUT2D eigenvalue weighted by molar-refractivity contribution is 6.01. The first-order chi connectivity index (χ1) is 17.1. The van der Waals surface area contributed by atoms with Gasteiger partial charge in [0, 0.05) is 29.3 Å². The van der Waals surface area contributed by atoms with Crippen LogP contribution in [0.15, 0.2) is 90.8 Å². The average Bonchev–Trinajstić information content (AvgIpc) is 3.17. The van der Waals surface area contributed by atoms with Gasteiger partial charge in [0.2, 0.25) is 0 Å². The Hall–Kier alpha value is -4.05. The molecule has 3 aromatic carbocycles. The SMILES string of the molecule is O=C(c1ccc(F)cc1)C1C=c2c(ccc3c2=CCc2cc(F)ccc2-3)C(C2=CC=CC=CN2)C1. The molecule has 0 radical (unpaired) electrons. The minimum absolute atomic E-state index is 0.00915. The monoisotopic (exact) mass is 463 g/mol. The molecule has 1 heterocycles. The highest BCUT2D eigenvalue weighted by Gasteiger charge is 2.31. The molecule has 0 saturated heterocycles. The molecule has 0 spiro atoms. The van der Waals surface area contributed by atoms with Gasteiger partial charge >= 0.3 is 0 Å². The van der Waals surface area contributed by atoms with Gasteiger partial charge in [-0.15, -0.1) is 0 Å². The summed E-state index contributed by atoms with van der Waals surface area (Å²) in [5, 5.41) is 5.53. The molecule has 3 aliphatic rings. The van der Waals surface area contributed by atoms with E-state index in [9.17, 15) is 13.6 Å². The molecule has 0 fully saturated rings. The molecule has 172 valence electrons. The van der Waals surface area contributed by atoms with Crippen LogP contribution in [0, 0.1) is 17.6 Å². The van der Waals surface area contributed by atoms with Gasteiger partial charge in [0.15, 0.2) is 5.78 Å². The number of fused-ring (bicyclic) bond motifs is 5. The Labute approximate surface area is 202 Å². The summed E-state index contributed by atoms with van der Waals surface area (Å²) in [5.74, 6) is -0.974. The van der Waals surface area contributed by atoms with Crippen LogP contribution >= 0.6 is 0 Å². The number of Topliss-reactive ketones (excluding diaryl/α,β-unsaturated/α-hetero) is 1. The molecular formula is C31H23F2NO. The zero-order valence-corrected chi connectivity index (χ0v) is 19.0. The summed E-state index contributed by atoms with van der Waals surface area (Å²) in [6.07, 6.45) is 15.3. The minimum atomic E-state index is -0.359. The summed E-state index contributed by atoms with van der Waals surface area (Å²) >= 11 is 0. The van der Waals surface area contributed by atoms with Crippen LogP contribution in [0.4, 0.5) is 8.78 Å². The summed E-state index contributed by atoms with van der Waals surface area (Å²) in [5.41, 5.74) is 5.74. The van der Waals surface area contributed by atoms with Crippen molar-refractivity contribution in [1.82, 2.24) is 5.32 Å². The van der Waals surface area contributed by atoms with Crippen molar-refractivity contribution in [2.24, 2.45) is 5.92 Å². The smallest absolute Gasteiger partial charge is 0.169 e. The molecule has 2 unspecified atom stereocenters. The van der Waals surface area contributed by atoms with Crippen LogP contribution in [0.25, 0.3) is 23.3 Å². The van der Waals surface area contributed by atoms with Crippen molar-refractivity contribution in [3.63, 3.8) is 0 Å². The van der Waals surface area contributed by atoms with Crippen molar-refractivity contribution < 1.29 is 13.6 Å². The normalized spacial score (nSPS) is 19.7. The van der Waals surface area contributed by atoms with E-state index in [-0.39, 0.29) is 29.3 Å². The predicted octanol–water partition coefficient (Wildman–Crippen LogP) is 5.29. The number of benzene rings is 3. The van der Waals surface area contributed by atoms with Gasteiger partial charge in [0.05, 0.1) is 0 Å². The number of hydrogen-bond acceptors (Lipinski definition) is 2. The molecule has 0 saturated carbocycles. The molecule has 3 aromatic rings. The van der Waals surface area contributed by atoms with Gasteiger partial charge < -0.3 is 5.32 Å². The Kier molecular flexibility index (Phi) is 5.29. The van der Waals surface area contributed by atoms with E-state index in [1.54, 1.807) is 18.2 Å². The zero-order valence-electron chi connectivity index (χ0n) is 19.0. The van der Waals surface area contributed by atoms with Crippen LogP contribution in [0.5, 0.6) is 0 Å². The summed E-state index contributed by atoms with van der Waals surface area (Å²) in [4.78, 5) is 13.5. The number of allylic oxidation sites excluding steroid dienone is 5. The van der Waals surface area contributed by atoms with Crippen LogP contribution in [0.1, 0.15) is 33.8 Å². The van der Waals surface area contributed by atoms with Crippen molar-refractivity contribution in [2.75, 3.05) is 0 Å². The van der Waals surface area contributed by atoms with Gasteiger partial charge in [-0.3, -0.25) is 4.79 Å². The Bertz CT molecular complexity index is 1560. The molecule has 0 amide bonds. The summed E-state index contributed by atoms with van der Waals surface area (Å²) < 4.78 is 27.3. The standard InChI is InChI=1S/C31H23F2NO/c32-22-8-5-19(6-9-22)31(35)21-17-28-26-11-7-20-16-23(33)10-12-24(20)25(26)13-14-27(28)29(18-21)30-4-2-1-3-15-34-30/h1-6,8-17,21,29,34H,7,18H2. The first-order valence-corrected chi connectivity index (χ1v) is 11.8. The maximum atomic E-state index is 13.9. The molecule has 2 aliphatic carbocycles. The summed E-state index contributed by atoms with van der Waals surface area (Å²) in [7, 11) is 0. The molecule has 0 aromatic heterocycles. The van der Waals surface area contributed by atoms with Crippen molar-refractivity contribution in [1.29, 1.82) is 0 Å². The van der Waals surface area contributed by atoms with Crippen LogP contribution in [-0.4, -0.2) is 5.78 Å². The molecular weight excluding hydrogens is 440 g/mol. The highest BCUT2D eigenvalue weighted by Crippen LogP contribution is 2.35. The Balaban J connectivity index is 1.53. The van der Waals surface area contributed by atoms with Crippen molar-refractivity contribution in [3.8, 4) is 11.1 Å². The van der Waals surface area contributed by atoms with Crippen LogP contribution in [0.2, 0.25) is 0 Å². The molecule has 4 heteroatoms. The number of carbonyl (C=O) groups is 1. The lowest BCUT2D eigenvalue weighted by atomic mass is 9.75. The second kappa shape index (κ2) is 8.62. The summed E-state index contributed by atoms with van der Waals surface area (Å²) in [6, 6.07) is 15.0. The fraction of sp³-hybridized carbons (Fsp3) is 0.129. The molecule has 6 rings (SSSR count). The Morgan fingerprint density at radius 1 is 0.857 bits per heavy atom. The van der Waals surface area contributed by atoms with Crippen LogP contribution < -0.4 is 15.8 Å². The number of hydrogen-bond donors (Lipinski definition) is 1. The number of nitrogens with one attached hydrogen (secondary N) is 1. The third-order valence-corrected chi connectivity index (χ3v) is 7.12. The zero-order chi connectivity index (χ0) is 23.9.